The topological polar surface area (TPSA) is 35.5 Å². The van der Waals surface area contributed by atoms with E-state index in [0.717, 1.165) is 12.5 Å². The Morgan fingerprint density at radius 3 is 1.89 bits per heavy atom. The summed E-state index contributed by atoms with van der Waals surface area (Å²) in [7, 11) is -3.33. The van der Waals surface area contributed by atoms with Gasteiger partial charge in [0.25, 0.3) is 0 Å². The molecule has 0 aromatic carbocycles. The minimum atomic E-state index is -1.67. The summed E-state index contributed by atoms with van der Waals surface area (Å²) >= 11 is 0. The zero-order chi connectivity index (χ0) is 15.3. The smallest absolute Gasteiger partial charge is 0.302 e. The van der Waals surface area contributed by atoms with Crippen molar-refractivity contribution in [2.45, 2.75) is 77.8 Å². The maximum absolute atomic E-state index is 10.7. The molecule has 0 fully saturated rings. The molecule has 0 N–H and O–H groups in total. The number of hydrogen-bond donors (Lipinski definition) is 0. The molecule has 0 aromatic heterocycles. The zero-order valence-corrected chi connectivity index (χ0v) is 16.0. The van der Waals surface area contributed by atoms with E-state index in [4.69, 9.17) is 8.85 Å². The van der Waals surface area contributed by atoms with Gasteiger partial charge in [-0.2, -0.15) is 0 Å². The molecule has 0 saturated carbocycles. The molecular weight excluding hydrogens is 272 g/mol. The van der Waals surface area contributed by atoms with Crippen LogP contribution in [0.4, 0.5) is 0 Å². The summed E-state index contributed by atoms with van der Waals surface area (Å²) in [5.74, 6) is -0.191. The number of ether oxygens (including phenoxy) is 1. The van der Waals surface area contributed by atoms with Crippen LogP contribution in [0.2, 0.25) is 36.8 Å². The van der Waals surface area contributed by atoms with E-state index in [1.165, 1.54) is 6.92 Å². The first-order valence-electron chi connectivity index (χ1n) is 7.35. The number of carbonyl (C=O) groups excluding carboxylic acids is 1. The molecule has 3 nitrogen and oxygen atoms in total. The van der Waals surface area contributed by atoms with Crippen molar-refractivity contribution in [3.8, 4) is 0 Å². The molecule has 0 amide bonds. The molecule has 114 valence electrons. The normalized spacial score (nSPS) is 13.2. The van der Waals surface area contributed by atoms with Gasteiger partial charge >= 0.3 is 5.97 Å². The average molecular weight is 305 g/mol. The largest absolute Gasteiger partial charge is 0.466 e. The molecule has 0 aliphatic heterocycles. The third-order valence-electron chi connectivity index (χ3n) is 4.02. The van der Waals surface area contributed by atoms with E-state index >= 15 is 0 Å². The zero-order valence-electron chi connectivity index (χ0n) is 14.0. The van der Waals surface area contributed by atoms with Crippen molar-refractivity contribution in [2.24, 2.45) is 0 Å². The second-order valence-corrected chi connectivity index (χ2v) is 16.3. The summed E-state index contributed by atoms with van der Waals surface area (Å²) in [5, 5.41) is 0. The highest BCUT2D eigenvalue weighted by Gasteiger charge is 2.41. The number of esters is 1. The number of rotatable bonds is 8. The Hall–Kier alpha value is -0.136. The van der Waals surface area contributed by atoms with Crippen molar-refractivity contribution in [2.75, 3.05) is 6.61 Å². The van der Waals surface area contributed by atoms with Gasteiger partial charge in [0.05, 0.1) is 6.61 Å². The number of carbonyl (C=O) groups is 1. The van der Waals surface area contributed by atoms with Crippen LogP contribution in [-0.2, 0) is 13.6 Å². The molecule has 0 aliphatic rings. The van der Waals surface area contributed by atoms with Crippen molar-refractivity contribution in [1.29, 1.82) is 0 Å². The van der Waals surface area contributed by atoms with Crippen LogP contribution < -0.4 is 0 Å². The Balaban J connectivity index is 4.44. The summed E-state index contributed by atoms with van der Waals surface area (Å²) in [6.07, 6.45) is 0.916. The molecule has 0 radical (unpaired) electrons. The van der Waals surface area contributed by atoms with Gasteiger partial charge < -0.3 is 8.85 Å². The van der Waals surface area contributed by atoms with Crippen molar-refractivity contribution in [3.05, 3.63) is 0 Å². The van der Waals surface area contributed by atoms with E-state index < -0.39 is 16.6 Å². The van der Waals surface area contributed by atoms with Gasteiger partial charge in [-0.15, -0.1) is 0 Å². The van der Waals surface area contributed by atoms with Crippen LogP contribution in [0, 0.1) is 0 Å². The van der Waals surface area contributed by atoms with Gasteiger partial charge in [0, 0.05) is 6.92 Å². The van der Waals surface area contributed by atoms with E-state index in [1.807, 2.05) is 0 Å². The highest BCUT2D eigenvalue weighted by molar-refractivity contribution is 6.86. The lowest BCUT2D eigenvalue weighted by Crippen LogP contribution is -2.50. The molecular formula is C14H32O3Si2. The summed E-state index contributed by atoms with van der Waals surface area (Å²) < 4.78 is 11.7. The second-order valence-electron chi connectivity index (χ2n) is 6.80. The fraction of sp³-hybridized carbons (Fsp3) is 0.929. The first-order chi connectivity index (χ1) is 8.51. The number of hydrogen-bond acceptors (Lipinski definition) is 3. The summed E-state index contributed by atoms with van der Waals surface area (Å²) in [4.78, 5) is 10.7. The van der Waals surface area contributed by atoms with E-state index in [2.05, 4.69) is 47.3 Å². The quantitative estimate of drug-likeness (QED) is 0.375. The van der Waals surface area contributed by atoms with Crippen LogP contribution in [0.5, 0.6) is 0 Å². The third-order valence-corrected chi connectivity index (χ3v) is 14.1. The Morgan fingerprint density at radius 1 is 1.05 bits per heavy atom. The lowest BCUT2D eigenvalue weighted by atomic mass is 10.5. The van der Waals surface area contributed by atoms with Crippen molar-refractivity contribution < 1.29 is 13.6 Å². The van der Waals surface area contributed by atoms with Gasteiger partial charge in [-0.05, 0) is 43.2 Å². The molecule has 0 rings (SSSR count). The van der Waals surface area contributed by atoms with Gasteiger partial charge in [0.2, 0.25) is 0 Å². The Kier molecular flexibility index (Phi) is 7.54. The molecule has 0 saturated heterocycles. The van der Waals surface area contributed by atoms with Gasteiger partial charge in [0.15, 0.2) is 16.6 Å². The molecule has 0 atom stereocenters. The maximum atomic E-state index is 10.7. The molecule has 0 heterocycles. The molecule has 5 heteroatoms. The molecule has 19 heavy (non-hydrogen) atoms. The molecule has 0 unspecified atom stereocenters. The maximum Gasteiger partial charge on any atom is 0.302 e. The van der Waals surface area contributed by atoms with Crippen LogP contribution >= 0.6 is 0 Å². The summed E-state index contributed by atoms with van der Waals surface area (Å²) in [6, 6.07) is 1.06. The standard InChI is InChI=1S/C14H32O3Si2/c1-12(2)19(8,13(3)4)17-18(6,7)11-9-10-16-14(5)15/h12-13H,9-11H2,1-8H3. The molecule has 0 bridgehead atoms. The lowest BCUT2D eigenvalue weighted by Gasteiger charge is -2.42. The monoisotopic (exact) mass is 304 g/mol. The first-order valence-corrected chi connectivity index (χ1v) is 13.0. The van der Waals surface area contributed by atoms with Gasteiger partial charge in [-0.1, -0.05) is 27.7 Å². The molecule has 0 aliphatic carbocycles. The van der Waals surface area contributed by atoms with E-state index in [1.54, 1.807) is 0 Å². The Labute approximate surface area is 121 Å². The van der Waals surface area contributed by atoms with Crippen LogP contribution in [-0.4, -0.2) is 29.2 Å². The fourth-order valence-corrected chi connectivity index (χ4v) is 11.6. The summed E-state index contributed by atoms with van der Waals surface area (Å²) in [6.45, 7) is 18.1. The minimum Gasteiger partial charge on any atom is -0.466 e. The van der Waals surface area contributed by atoms with E-state index in [-0.39, 0.29) is 5.97 Å². The minimum absolute atomic E-state index is 0.191. The van der Waals surface area contributed by atoms with Crippen LogP contribution in [0.25, 0.3) is 0 Å². The highest BCUT2D eigenvalue weighted by Crippen LogP contribution is 2.36. The van der Waals surface area contributed by atoms with E-state index in [0.29, 0.717) is 17.7 Å². The van der Waals surface area contributed by atoms with E-state index in [9.17, 15) is 4.79 Å². The lowest BCUT2D eigenvalue weighted by molar-refractivity contribution is -0.140. The predicted molar refractivity (Wildman–Crippen MR) is 86.4 cm³/mol. The fourth-order valence-electron chi connectivity index (χ4n) is 2.26. The average Bonchev–Trinajstić information content (AvgIpc) is 2.23. The van der Waals surface area contributed by atoms with Gasteiger partial charge in [-0.3, -0.25) is 4.79 Å². The van der Waals surface area contributed by atoms with Gasteiger partial charge in [0.1, 0.15) is 0 Å². The van der Waals surface area contributed by atoms with Crippen molar-refractivity contribution >= 4 is 22.6 Å². The predicted octanol–water partition coefficient (Wildman–Crippen LogP) is 4.56. The molecule has 0 spiro atoms. The van der Waals surface area contributed by atoms with Crippen LogP contribution in [0.1, 0.15) is 41.0 Å². The van der Waals surface area contributed by atoms with Crippen molar-refractivity contribution in [1.82, 2.24) is 0 Å². The first kappa shape index (κ1) is 18.9. The third kappa shape index (κ3) is 6.72. The Morgan fingerprint density at radius 2 is 1.53 bits per heavy atom. The summed E-state index contributed by atoms with van der Waals surface area (Å²) in [5.41, 5.74) is 1.26. The SMILES string of the molecule is CC(=O)OCCC[Si](C)(C)O[Si](C)(C(C)C)C(C)C. The second kappa shape index (κ2) is 7.59. The van der Waals surface area contributed by atoms with Gasteiger partial charge in [-0.25, -0.2) is 0 Å². The van der Waals surface area contributed by atoms with Crippen molar-refractivity contribution in [3.63, 3.8) is 0 Å². The Bertz CT molecular complexity index is 280. The van der Waals surface area contributed by atoms with Crippen LogP contribution in [0.3, 0.4) is 0 Å². The highest BCUT2D eigenvalue weighted by atomic mass is 28.4. The van der Waals surface area contributed by atoms with Crippen LogP contribution in [0.15, 0.2) is 0 Å². The molecule has 0 aromatic rings.